The van der Waals surface area contributed by atoms with E-state index in [0.29, 0.717) is 5.92 Å². The first-order valence-corrected chi connectivity index (χ1v) is 8.91. The first kappa shape index (κ1) is 15.1. The number of aliphatic hydroxyl groups is 1. The summed E-state index contributed by atoms with van der Waals surface area (Å²) >= 11 is 0. The van der Waals surface area contributed by atoms with E-state index in [9.17, 15) is 5.11 Å². The Bertz CT molecular complexity index is 487. The van der Waals surface area contributed by atoms with Crippen LogP contribution in [0, 0.1) is 25.7 Å². The molecule has 0 saturated heterocycles. The molecular weight excluding hydrogens is 256 g/mol. The topological polar surface area (TPSA) is 20.2 Å². The highest BCUT2D eigenvalue weighted by Gasteiger charge is 2.44. The van der Waals surface area contributed by atoms with E-state index in [-0.39, 0.29) is 0 Å². The van der Waals surface area contributed by atoms with Crippen molar-refractivity contribution in [3.63, 3.8) is 0 Å². The normalized spacial score (nSPS) is 31.3. The summed E-state index contributed by atoms with van der Waals surface area (Å²) in [6, 6.07) is 6.61. The molecule has 1 nitrogen and oxygen atoms in total. The molecule has 2 atom stereocenters. The van der Waals surface area contributed by atoms with Gasteiger partial charge >= 0.3 is 0 Å². The van der Waals surface area contributed by atoms with Crippen molar-refractivity contribution < 1.29 is 5.11 Å². The van der Waals surface area contributed by atoms with Crippen LogP contribution in [0.15, 0.2) is 18.2 Å². The minimum atomic E-state index is -0.571. The van der Waals surface area contributed by atoms with E-state index in [4.69, 9.17) is 0 Å². The Kier molecular flexibility index (Phi) is 4.40. The SMILES string of the molecule is Cc1ccc(C2(O)CCCCC2C2CCCCC2)c(C)c1. The second-order valence-electron chi connectivity index (χ2n) is 7.49. The van der Waals surface area contributed by atoms with Crippen LogP contribution in [0.5, 0.6) is 0 Å². The number of rotatable bonds is 2. The smallest absolute Gasteiger partial charge is 0.0929 e. The van der Waals surface area contributed by atoms with Gasteiger partial charge in [-0.2, -0.15) is 0 Å². The number of hydrogen-bond acceptors (Lipinski definition) is 1. The monoisotopic (exact) mass is 286 g/mol. The Morgan fingerprint density at radius 3 is 2.38 bits per heavy atom. The number of hydrogen-bond donors (Lipinski definition) is 1. The minimum Gasteiger partial charge on any atom is -0.385 e. The molecule has 3 rings (SSSR count). The Hall–Kier alpha value is -0.820. The Balaban J connectivity index is 1.94. The molecule has 2 unspecified atom stereocenters. The molecule has 0 heterocycles. The maximum absolute atomic E-state index is 11.6. The van der Waals surface area contributed by atoms with E-state index >= 15 is 0 Å². The van der Waals surface area contributed by atoms with Gasteiger partial charge in [0, 0.05) is 0 Å². The summed E-state index contributed by atoms with van der Waals surface area (Å²) in [6.07, 6.45) is 11.4. The molecule has 0 amide bonds. The van der Waals surface area contributed by atoms with Crippen LogP contribution in [0.3, 0.4) is 0 Å². The lowest BCUT2D eigenvalue weighted by atomic mass is 9.62. The summed E-state index contributed by atoms with van der Waals surface area (Å²) in [4.78, 5) is 0. The summed E-state index contributed by atoms with van der Waals surface area (Å²) < 4.78 is 0. The van der Waals surface area contributed by atoms with Crippen LogP contribution in [0.25, 0.3) is 0 Å². The highest BCUT2D eigenvalue weighted by molar-refractivity contribution is 5.35. The van der Waals surface area contributed by atoms with Crippen molar-refractivity contribution >= 4 is 0 Å². The lowest BCUT2D eigenvalue weighted by molar-refractivity contribution is -0.0839. The molecule has 0 aromatic heterocycles. The molecule has 1 N–H and O–H groups in total. The van der Waals surface area contributed by atoms with Gasteiger partial charge in [-0.05, 0) is 49.7 Å². The van der Waals surface area contributed by atoms with Crippen molar-refractivity contribution in [3.05, 3.63) is 34.9 Å². The predicted molar refractivity (Wildman–Crippen MR) is 88.3 cm³/mol. The Morgan fingerprint density at radius 1 is 0.952 bits per heavy atom. The third-order valence-corrected chi connectivity index (χ3v) is 6.00. The summed E-state index contributed by atoms with van der Waals surface area (Å²) in [5.74, 6) is 1.22. The third kappa shape index (κ3) is 2.90. The van der Waals surface area contributed by atoms with Gasteiger partial charge in [0.15, 0.2) is 0 Å². The molecule has 1 aromatic rings. The molecule has 1 heteroatoms. The highest BCUT2D eigenvalue weighted by atomic mass is 16.3. The fraction of sp³-hybridized carbons (Fsp3) is 0.700. The van der Waals surface area contributed by atoms with Crippen LogP contribution in [0.1, 0.15) is 74.5 Å². The van der Waals surface area contributed by atoms with Gasteiger partial charge in [-0.25, -0.2) is 0 Å². The summed E-state index contributed by atoms with van der Waals surface area (Å²) in [6.45, 7) is 4.31. The average molecular weight is 286 g/mol. The van der Waals surface area contributed by atoms with Crippen molar-refractivity contribution in [2.45, 2.75) is 77.2 Å². The molecular formula is C20H30O. The lowest BCUT2D eigenvalue weighted by Crippen LogP contribution is -2.43. The summed E-state index contributed by atoms with van der Waals surface area (Å²) in [5.41, 5.74) is 3.21. The molecule has 0 spiro atoms. The molecule has 2 fully saturated rings. The highest BCUT2D eigenvalue weighted by Crippen LogP contribution is 2.49. The van der Waals surface area contributed by atoms with Gasteiger partial charge in [-0.1, -0.05) is 68.7 Å². The van der Waals surface area contributed by atoms with Crippen LogP contribution in [0.4, 0.5) is 0 Å². The van der Waals surface area contributed by atoms with Gasteiger partial charge in [0.05, 0.1) is 5.60 Å². The van der Waals surface area contributed by atoms with Crippen LogP contribution in [-0.2, 0) is 5.60 Å². The van der Waals surface area contributed by atoms with Crippen molar-refractivity contribution in [1.29, 1.82) is 0 Å². The second kappa shape index (κ2) is 6.12. The fourth-order valence-corrected chi connectivity index (χ4v) is 4.98. The maximum Gasteiger partial charge on any atom is 0.0929 e. The summed E-state index contributed by atoms with van der Waals surface area (Å²) in [5, 5.41) is 11.6. The number of benzene rings is 1. The van der Waals surface area contributed by atoms with Crippen molar-refractivity contribution in [1.82, 2.24) is 0 Å². The van der Waals surface area contributed by atoms with Crippen molar-refractivity contribution in [3.8, 4) is 0 Å². The standard InChI is InChI=1S/C20H30O/c1-15-11-12-18(16(2)14-15)20(21)13-7-6-10-19(20)17-8-4-3-5-9-17/h11-12,14,17,19,21H,3-10,13H2,1-2H3. The fourth-order valence-electron chi connectivity index (χ4n) is 4.98. The van der Waals surface area contributed by atoms with Crippen LogP contribution in [-0.4, -0.2) is 5.11 Å². The molecule has 0 bridgehead atoms. The first-order valence-electron chi connectivity index (χ1n) is 8.91. The van der Waals surface area contributed by atoms with Gasteiger partial charge in [0.1, 0.15) is 0 Å². The largest absolute Gasteiger partial charge is 0.385 e. The molecule has 2 aliphatic carbocycles. The van der Waals surface area contributed by atoms with E-state index in [2.05, 4.69) is 32.0 Å². The molecule has 2 saturated carbocycles. The Morgan fingerprint density at radius 2 is 1.67 bits per heavy atom. The zero-order valence-electron chi connectivity index (χ0n) is 13.7. The molecule has 2 aliphatic rings. The van der Waals surface area contributed by atoms with Gasteiger partial charge in [0.25, 0.3) is 0 Å². The molecule has 116 valence electrons. The van der Waals surface area contributed by atoms with Crippen LogP contribution in [0.2, 0.25) is 0 Å². The first-order chi connectivity index (χ1) is 10.1. The van der Waals surface area contributed by atoms with E-state index < -0.39 is 5.60 Å². The molecule has 1 aromatic carbocycles. The maximum atomic E-state index is 11.6. The van der Waals surface area contributed by atoms with Crippen LogP contribution >= 0.6 is 0 Å². The van der Waals surface area contributed by atoms with E-state index in [1.165, 1.54) is 68.1 Å². The quantitative estimate of drug-likeness (QED) is 0.786. The van der Waals surface area contributed by atoms with Gasteiger partial charge in [-0.15, -0.1) is 0 Å². The third-order valence-electron chi connectivity index (χ3n) is 6.00. The van der Waals surface area contributed by atoms with Crippen molar-refractivity contribution in [2.75, 3.05) is 0 Å². The zero-order chi connectivity index (χ0) is 14.9. The van der Waals surface area contributed by atoms with E-state index in [1.54, 1.807) is 0 Å². The Labute approximate surface area is 129 Å². The van der Waals surface area contributed by atoms with Crippen LogP contribution < -0.4 is 0 Å². The van der Waals surface area contributed by atoms with Crippen molar-refractivity contribution in [2.24, 2.45) is 11.8 Å². The van der Waals surface area contributed by atoms with Gasteiger partial charge in [0.2, 0.25) is 0 Å². The molecule has 0 radical (unpaired) electrons. The van der Waals surface area contributed by atoms with Gasteiger partial charge in [-0.3, -0.25) is 0 Å². The average Bonchev–Trinajstić information content (AvgIpc) is 2.48. The summed E-state index contributed by atoms with van der Waals surface area (Å²) in [7, 11) is 0. The van der Waals surface area contributed by atoms with E-state index in [0.717, 1.165) is 12.3 Å². The number of aryl methyl sites for hydroxylation is 2. The lowest BCUT2D eigenvalue weighted by Gasteiger charge is -2.46. The van der Waals surface area contributed by atoms with E-state index in [1.807, 2.05) is 0 Å². The molecule has 21 heavy (non-hydrogen) atoms. The predicted octanol–water partition coefficient (Wildman–Crippen LogP) is 5.26. The van der Waals surface area contributed by atoms with Gasteiger partial charge < -0.3 is 5.11 Å². The minimum absolute atomic E-state index is 0.480. The zero-order valence-corrected chi connectivity index (χ0v) is 13.7. The second-order valence-corrected chi connectivity index (χ2v) is 7.49. The molecule has 0 aliphatic heterocycles.